The molecule has 1 aliphatic carbocycles. The minimum absolute atomic E-state index is 0.0266. The summed E-state index contributed by atoms with van der Waals surface area (Å²) in [5, 5.41) is 20.0. The Balaban J connectivity index is 1.46. The van der Waals surface area contributed by atoms with Gasteiger partial charge in [-0.25, -0.2) is 0 Å². The summed E-state index contributed by atoms with van der Waals surface area (Å²) in [6, 6.07) is 6.14. The number of amides is 1. The number of nitrogens with zero attached hydrogens (tertiary/aromatic N) is 5. The van der Waals surface area contributed by atoms with Gasteiger partial charge in [0.05, 0.1) is 30.0 Å². The summed E-state index contributed by atoms with van der Waals surface area (Å²) in [6.45, 7) is 1.38. The van der Waals surface area contributed by atoms with Gasteiger partial charge in [0, 0.05) is 24.1 Å². The zero-order valence-corrected chi connectivity index (χ0v) is 17.7. The van der Waals surface area contributed by atoms with Crippen LogP contribution in [0.2, 0.25) is 0 Å². The van der Waals surface area contributed by atoms with Crippen LogP contribution in [0.15, 0.2) is 24.4 Å². The SMILES string of the molecule is NC(=O)c1nnc(N[C@@H]2CCCC[C@@H]2N)nc1Nc1cccc2c1cnn2C1CCOC1. The van der Waals surface area contributed by atoms with Crippen LogP contribution in [0, 0.1) is 0 Å². The number of primary amides is 1. The Morgan fingerprint density at radius 3 is 2.84 bits per heavy atom. The first kappa shape index (κ1) is 20.6. The Morgan fingerprint density at radius 1 is 1.19 bits per heavy atom. The first-order chi connectivity index (χ1) is 15.6. The van der Waals surface area contributed by atoms with Crippen molar-refractivity contribution in [3.63, 3.8) is 0 Å². The molecule has 1 unspecified atom stereocenters. The Bertz CT molecular complexity index is 1130. The number of ether oxygens (including phenoxy) is 1. The van der Waals surface area contributed by atoms with E-state index >= 15 is 0 Å². The summed E-state index contributed by atoms with van der Waals surface area (Å²) < 4.78 is 7.50. The normalized spacial score (nSPS) is 23.3. The Labute approximate surface area is 184 Å². The molecule has 1 aliphatic heterocycles. The van der Waals surface area contributed by atoms with E-state index in [0.717, 1.165) is 55.3 Å². The van der Waals surface area contributed by atoms with E-state index in [1.54, 1.807) is 6.20 Å². The first-order valence-corrected chi connectivity index (χ1v) is 11.0. The molecule has 1 saturated carbocycles. The predicted molar refractivity (Wildman–Crippen MR) is 120 cm³/mol. The van der Waals surface area contributed by atoms with Crippen molar-refractivity contribution < 1.29 is 9.53 Å². The highest BCUT2D eigenvalue weighted by Crippen LogP contribution is 2.30. The topological polar surface area (TPSA) is 159 Å². The second-order valence-corrected chi connectivity index (χ2v) is 8.37. The lowest BCUT2D eigenvalue weighted by atomic mass is 9.91. The van der Waals surface area contributed by atoms with Gasteiger partial charge < -0.3 is 26.8 Å². The van der Waals surface area contributed by atoms with Crippen molar-refractivity contribution in [2.75, 3.05) is 23.8 Å². The van der Waals surface area contributed by atoms with Gasteiger partial charge in [0.2, 0.25) is 5.95 Å². The summed E-state index contributed by atoms with van der Waals surface area (Å²) in [4.78, 5) is 16.5. The van der Waals surface area contributed by atoms with Crippen LogP contribution in [-0.4, -0.2) is 56.2 Å². The molecule has 0 radical (unpaired) electrons. The van der Waals surface area contributed by atoms with Crippen molar-refractivity contribution in [2.45, 2.75) is 50.2 Å². The molecule has 3 atom stereocenters. The van der Waals surface area contributed by atoms with Crippen molar-refractivity contribution in [3.8, 4) is 0 Å². The molecule has 3 heterocycles. The van der Waals surface area contributed by atoms with Crippen LogP contribution in [0.25, 0.3) is 10.9 Å². The average Bonchev–Trinajstić information content (AvgIpc) is 3.45. The largest absolute Gasteiger partial charge is 0.379 e. The standard InChI is InChI=1S/C21H27N9O2/c22-14-4-1-2-5-16(14)26-21-27-20(18(19(23)31)28-29-21)25-15-6-3-7-17-13(15)10-24-30(17)12-8-9-32-11-12/h3,6-7,10,12,14,16H,1-2,4-5,8-9,11,22H2,(H2,23,31)(H2,25,26,27,29)/t12?,14-,16+/m0/s1. The maximum Gasteiger partial charge on any atom is 0.273 e. The van der Waals surface area contributed by atoms with E-state index in [1.165, 1.54) is 0 Å². The Morgan fingerprint density at radius 2 is 2.06 bits per heavy atom. The molecular formula is C21H27N9O2. The lowest BCUT2D eigenvalue weighted by Gasteiger charge is -2.29. The molecule has 5 rings (SSSR count). The third kappa shape index (κ3) is 3.96. The van der Waals surface area contributed by atoms with Crippen molar-refractivity contribution in [3.05, 3.63) is 30.1 Å². The number of hydrogen-bond acceptors (Lipinski definition) is 9. The zero-order valence-electron chi connectivity index (χ0n) is 17.7. The molecule has 11 heteroatoms. The lowest BCUT2D eigenvalue weighted by molar-refractivity contribution is 0.0995. The van der Waals surface area contributed by atoms with E-state index in [-0.39, 0.29) is 29.6 Å². The van der Waals surface area contributed by atoms with Gasteiger partial charge in [-0.15, -0.1) is 10.2 Å². The molecule has 0 spiro atoms. The van der Waals surface area contributed by atoms with Crippen molar-refractivity contribution in [1.82, 2.24) is 25.0 Å². The van der Waals surface area contributed by atoms with Crippen LogP contribution in [0.5, 0.6) is 0 Å². The molecule has 1 saturated heterocycles. The van der Waals surface area contributed by atoms with Crippen LogP contribution >= 0.6 is 0 Å². The minimum Gasteiger partial charge on any atom is -0.379 e. The first-order valence-electron chi connectivity index (χ1n) is 11.0. The van der Waals surface area contributed by atoms with Crippen LogP contribution in [0.1, 0.15) is 48.6 Å². The van der Waals surface area contributed by atoms with Gasteiger partial charge in [-0.2, -0.15) is 10.1 Å². The van der Waals surface area contributed by atoms with Crippen molar-refractivity contribution >= 4 is 34.3 Å². The maximum absolute atomic E-state index is 12.0. The summed E-state index contributed by atoms with van der Waals surface area (Å²) >= 11 is 0. The van der Waals surface area contributed by atoms with Crippen LogP contribution in [0.3, 0.4) is 0 Å². The summed E-state index contributed by atoms with van der Waals surface area (Å²) in [5.74, 6) is -0.158. The van der Waals surface area contributed by atoms with Gasteiger partial charge in [0.15, 0.2) is 11.5 Å². The summed E-state index contributed by atoms with van der Waals surface area (Å²) in [6.07, 6.45) is 6.84. The van der Waals surface area contributed by atoms with Gasteiger partial charge in [-0.1, -0.05) is 18.9 Å². The molecule has 1 amide bonds. The lowest BCUT2D eigenvalue weighted by Crippen LogP contribution is -2.43. The fraction of sp³-hybridized carbons (Fsp3) is 0.476. The average molecular weight is 438 g/mol. The second-order valence-electron chi connectivity index (χ2n) is 8.37. The highest BCUT2D eigenvalue weighted by atomic mass is 16.5. The molecule has 2 aliphatic rings. The van der Waals surface area contributed by atoms with E-state index in [1.807, 2.05) is 22.9 Å². The molecule has 1 aromatic carbocycles. The number of anilines is 3. The Kier molecular flexibility index (Phi) is 5.58. The number of rotatable bonds is 6. The molecule has 11 nitrogen and oxygen atoms in total. The number of hydrogen-bond donors (Lipinski definition) is 4. The molecule has 168 valence electrons. The van der Waals surface area contributed by atoms with Gasteiger partial charge in [-0.05, 0) is 31.4 Å². The van der Waals surface area contributed by atoms with Crippen molar-refractivity contribution in [1.29, 1.82) is 0 Å². The highest BCUT2D eigenvalue weighted by Gasteiger charge is 2.24. The van der Waals surface area contributed by atoms with E-state index in [2.05, 4.69) is 30.9 Å². The van der Waals surface area contributed by atoms with Crippen LogP contribution < -0.4 is 22.1 Å². The highest BCUT2D eigenvalue weighted by molar-refractivity contribution is 5.98. The number of carbonyl (C=O) groups is 1. The molecule has 2 aromatic heterocycles. The molecule has 3 aromatic rings. The van der Waals surface area contributed by atoms with Crippen LogP contribution in [0.4, 0.5) is 17.5 Å². The number of aromatic nitrogens is 5. The fourth-order valence-electron chi connectivity index (χ4n) is 4.46. The molecule has 2 fully saturated rings. The fourth-order valence-corrected chi connectivity index (χ4v) is 4.46. The smallest absolute Gasteiger partial charge is 0.273 e. The number of nitrogens with one attached hydrogen (secondary N) is 2. The van der Waals surface area contributed by atoms with Gasteiger partial charge in [0.25, 0.3) is 5.91 Å². The van der Waals surface area contributed by atoms with Gasteiger partial charge in [-0.3, -0.25) is 9.48 Å². The van der Waals surface area contributed by atoms with E-state index in [4.69, 9.17) is 16.2 Å². The minimum atomic E-state index is -0.709. The number of benzene rings is 1. The predicted octanol–water partition coefficient (Wildman–Crippen LogP) is 1.71. The maximum atomic E-state index is 12.0. The van der Waals surface area contributed by atoms with Crippen LogP contribution in [-0.2, 0) is 4.74 Å². The number of nitrogens with two attached hydrogens (primary N) is 2. The molecule has 6 N–H and O–H groups in total. The monoisotopic (exact) mass is 437 g/mol. The number of carbonyl (C=O) groups excluding carboxylic acids is 1. The third-order valence-corrected chi connectivity index (χ3v) is 6.20. The molecule has 32 heavy (non-hydrogen) atoms. The van der Waals surface area contributed by atoms with Gasteiger partial charge in [0.1, 0.15) is 0 Å². The second kappa shape index (κ2) is 8.67. The van der Waals surface area contributed by atoms with E-state index < -0.39 is 5.91 Å². The quantitative estimate of drug-likeness (QED) is 0.450. The van der Waals surface area contributed by atoms with Crippen molar-refractivity contribution in [2.24, 2.45) is 11.5 Å². The van der Waals surface area contributed by atoms with Gasteiger partial charge >= 0.3 is 0 Å². The van der Waals surface area contributed by atoms with E-state index in [0.29, 0.717) is 12.6 Å². The van der Waals surface area contributed by atoms with E-state index in [9.17, 15) is 4.79 Å². The Hall–Kier alpha value is -3.31. The summed E-state index contributed by atoms with van der Waals surface area (Å²) in [5.41, 5.74) is 13.5. The summed E-state index contributed by atoms with van der Waals surface area (Å²) in [7, 11) is 0. The molecule has 0 bridgehead atoms. The molecular weight excluding hydrogens is 410 g/mol. The third-order valence-electron chi connectivity index (χ3n) is 6.20. The number of fused-ring (bicyclic) bond motifs is 1. The zero-order chi connectivity index (χ0) is 22.1.